The van der Waals surface area contributed by atoms with Crippen molar-refractivity contribution in [3.05, 3.63) is 59.6 Å². The molecule has 0 spiro atoms. The van der Waals surface area contributed by atoms with Gasteiger partial charge in [0.2, 0.25) is 11.1 Å². The van der Waals surface area contributed by atoms with E-state index in [1.54, 1.807) is 33.4 Å². The molecule has 2 heterocycles. The summed E-state index contributed by atoms with van der Waals surface area (Å²) in [5.74, 6) is 0.816. The molecule has 10 nitrogen and oxygen atoms in total. The Morgan fingerprint density at radius 1 is 0.923 bits per heavy atom. The van der Waals surface area contributed by atoms with Gasteiger partial charge in [0.25, 0.3) is 0 Å². The number of carbonyl (C=O) groups excluding carboxylic acids is 2. The molecule has 1 N–H and O–H groups in total. The molecule has 0 saturated heterocycles. The number of amides is 1. The Kier molecular flexibility index (Phi) is 9.45. The number of nitrogens with zero attached hydrogens (tertiary/aromatic N) is 4. The summed E-state index contributed by atoms with van der Waals surface area (Å²) >= 11 is 2.43. The van der Waals surface area contributed by atoms with Crippen molar-refractivity contribution in [3.63, 3.8) is 0 Å². The summed E-state index contributed by atoms with van der Waals surface area (Å²) in [5.41, 5.74) is 3.41. The monoisotopic (exact) mass is 565 g/mol. The lowest BCUT2D eigenvalue weighted by Gasteiger charge is -2.12. The molecule has 1 atom stereocenters. The van der Waals surface area contributed by atoms with Crippen molar-refractivity contribution in [2.24, 2.45) is 0 Å². The lowest BCUT2D eigenvalue weighted by atomic mass is 10.0. The van der Waals surface area contributed by atoms with Crippen LogP contribution in [0.4, 0.5) is 5.13 Å². The normalized spacial score (nSPS) is 11.5. The number of hydrogen-bond acceptors (Lipinski definition) is 11. The van der Waals surface area contributed by atoms with Crippen LogP contribution >= 0.6 is 23.1 Å². The van der Waals surface area contributed by atoms with Crippen LogP contribution in [0.1, 0.15) is 19.5 Å². The average molecular weight is 566 g/mol. The standard InChI is InChI=1S/C27H27N5O5S2/c1-5-37-22(33)14-19-15-38-26(28-19)30-25(34)16(2)39-27-29-23(17-6-10-20(35-3)11-7-17)24(31-32-27)18-8-12-21(36-4)13-9-18/h6-13,15-16H,5,14H2,1-4H3,(H,28,30,34). The summed E-state index contributed by atoms with van der Waals surface area (Å²) in [5, 5.41) is 13.5. The van der Waals surface area contributed by atoms with E-state index in [4.69, 9.17) is 19.2 Å². The summed E-state index contributed by atoms with van der Waals surface area (Å²) in [6.45, 7) is 3.80. The van der Waals surface area contributed by atoms with Crippen LogP contribution in [0.25, 0.3) is 22.5 Å². The van der Waals surface area contributed by atoms with E-state index in [0.717, 1.165) is 22.6 Å². The van der Waals surface area contributed by atoms with Crippen LogP contribution in [0, 0.1) is 0 Å². The minimum absolute atomic E-state index is 0.0543. The molecular formula is C27H27N5O5S2. The first-order valence-corrected chi connectivity index (χ1v) is 13.8. The van der Waals surface area contributed by atoms with Gasteiger partial charge in [-0.1, -0.05) is 11.8 Å². The molecule has 2 aromatic carbocycles. The summed E-state index contributed by atoms with van der Waals surface area (Å²) in [7, 11) is 3.22. The van der Waals surface area contributed by atoms with E-state index in [9.17, 15) is 9.59 Å². The van der Waals surface area contributed by atoms with Gasteiger partial charge in [-0.05, 0) is 62.4 Å². The Bertz CT molecular complexity index is 1430. The van der Waals surface area contributed by atoms with Crippen molar-refractivity contribution in [2.75, 3.05) is 26.1 Å². The van der Waals surface area contributed by atoms with Gasteiger partial charge in [0.15, 0.2) is 5.13 Å². The largest absolute Gasteiger partial charge is 0.497 e. The summed E-state index contributed by atoms with van der Waals surface area (Å²) < 4.78 is 15.5. The maximum Gasteiger partial charge on any atom is 0.311 e. The van der Waals surface area contributed by atoms with Gasteiger partial charge in [0, 0.05) is 16.5 Å². The molecule has 0 fully saturated rings. The van der Waals surface area contributed by atoms with Gasteiger partial charge in [0.05, 0.1) is 38.2 Å². The first-order valence-electron chi connectivity index (χ1n) is 12.0. The van der Waals surface area contributed by atoms with E-state index >= 15 is 0 Å². The maximum absolute atomic E-state index is 12.9. The van der Waals surface area contributed by atoms with Crippen molar-refractivity contribution in [1.82, 2.24) is 20.2 Å². The van der Waals surface area contributed by atoms with Gasteiger partial charge in [-0.3, -0.25) is 9.59 Å². The van der Waals surface area contributed by atoms with E-state index in [-0.39, 0.29) is 18.3 Å². The third kappa shape index (κ3) is 7.30. The van der Waals surface area contributed by atoms with Gasteiger partial charge < -0.3 is 19.5 Å². The van der Waals surface area contributed by atoms with Crippen molar-refractivity contribution >= 4 is 40.1 Å². The van der Waals surface area contributed by atoms with E-state index in [1.807, 2.05) is 48.5 Å². The van der Waals surface area contributed by atoms with E-state index in [2.05, 4.69) is 20.5 Å². The number of methoxy groups -OCH3 is 2. The zero-order valence-corrected chi connectivity index (χ0v) is 23.5. The second-order valence-electron chi connectivity index (χ2n) is 8.12. The Morgan fingerprint density at radius 2 is 1.54 bits per heavy atom. The van der Waals surface area contributed by atoms with Crippen molar-refractivity contribution in [3.8, 4) is 34.0 Å². The number of thiazole rings is 1. The van der Waals surface area contributed by atoms with Crippen LogP contribution in [0.15, 0.2) is 59.1 Å². The highest BCUT2D eigenvalue weighted by atomic mass is 32.2. The lowest BCUT2D eigenvalue weighted by Crippen LogP contribution is -2.22. The predicted molar refractivity (Wildman–Crippen MR) is 150 cm³/mol. The molecule has 1 unspecified atom stereocenters. The molecule has 1 amide bonds. The molecule has 202 valence electrons. The zero-order chi connectivity index (χ0) is 27.8. The Labute approximate surface area is 234 Å². The van der Waals surface area contributed by atoms with Gasteiger partial charge in [-0.2, -0.15) is 0 Å². The number of rotatable bonds is 11. The number of benzene rings is 2. The number of aromatic nitrogens is 4. The molecule has 0 aliphatic carbocycles. The van der Waals surface area contributed by atoms with Gasteiger partial charge in [-0.25, -0.2) is 9.97 Å². The Balaban J connectivity index is 1.53. The molecule has 0 saturated carbocycles. The smallest absolute Gasteiger partial charge is 0.311 e. The highest BCUT2D eigenvalue weighted by Crippen LogP contribution is 2.32. The fraction of sp³-hybridized carbons (Fsp3) is 0.259. The molecule has 39 heavy (non-hydrogen) atoms. The molecule has 0 bridgehead atoms. The van der Waals surface area contributed by atoms with Gasteiger partial charge in [0.1, 0.15) is 22.9 Å². The second kappa shape index (κ2) is 13.2. The second-order valence-corrected chi connectivity index (χ2v) is 10.3. The number of anilines is 1. The molecule has 0 aliphatic heterocycles. The highest BCUT2D eigenvalue weighted by molar-refractivity contribution is 8.00. The van der Waals surface area contributed by atoms with Crippen molar-refractivity contribution < 1.29 is 23.8 Å². The number of carbonyl (C=O) groups is 2. The lowest BCUT2D eigenvalue weighted by molar-refractivity contribution is -0.142. The van der Waals surface area contributed by atoms with Crippen LogP contribution < -0.4 is 14.8 Å². The molecule has 0 radical (unpaired) electrons. The molecular weight excluding hydrogens is 538 g/mol. The fourth-order valence-electron chi connectivity index (χ4n) is 3.48. The number of esters is 1. The highest BCUT2D eigenvalue weighted by Gasteiger charge is 2.21. The molecule has 4 aromatic rings. The average Bonchev–Trinajstić information content (AvgIpc) is 3.39. The summed E-state index contributed by atoms with van der Waals surface area (Å²) in [6.07, 6.45) is 0.0543. The van der Waals surface area contributed by atoms with E-state index in [1.165, 1.54) is 23.1 Å². The van der Waals surface area contributed by atoms with Crippen molar-refractivity contribution in [1.29, 1.82) is 0 Å². The Hall–Kier alpha value is -4.03. The van der Waals surface area contributed by atoms with Gasteiger partial charge in [-0.15, -0.1) is 21.5 Å². The van der Waals surface area contributed by atoms with Crippen LogP contribution in [0.2, 0.25) is 0 Å². The molecule has 2 aromatic heterocycles. The fourth-order valence-corrected chi connectivity index (χ4v) is 4.91. The topological polar surface area (TPSA) is 125 Å². The van der Waals surface area contributed by atoms with E-state index in [0.29, 0.717) is 34.0 Å². The third-order valence-electron chi connectivity index (χ3n) is 5.46. The SMILES string of the molecule is CCOC(=O)Cc1csc(NC(=O)C(C)Sc2nnc(-c3ccc(OC)cc3)c(-c3ccc(OC)cc3)n2)n1. The van der Waals surface area contributed by atoms with Gasteiger partial charge >= 0.3 is 5.97 Å². The number of ether oxygens (including phenoxy) is 3. The van der Waals surface area contributed by atoms with Crippen molar-refractivity contribution in [2.45, 2.75) is 30.7 Å². The van der Waals surface area contributed by atoms with Crippen LogP contribution in [-0.2, 0) is 20.7 Å². The zero-order valence-electron chi connectivity index (χ0n) is 21.8. The summed E-state index contributed by atoms with van der Waals surface area (Å²) in [4.78, 5) is 33.6. The quantitative estimate of drug-likeness (QED) is 0.198. The molecule has 4 rings (SSSR count). The number of thioether (sulfide) groups is 1. The predicted octanol–water partition coefficient (Wildman–Crippen LogP) is 4.90. The summed E-state index contributed by atoms with van der Waals surface area (Å²) in [6, 6.07) is 15.0. The minimum Gasteiger partial charge on any atom is -0.497 e. The number of nitrogens with one attached hydrogen (secondary N) is 1. The first kappa shape index (κ1) is 28.0. The van der Waals surface area contributed by atoms with Crippen LogP contribution in [0.3, 0.4) is 0 Å². The van der Waals surface area contributed by atoms with Crippen LogP contribution in [0.5, 0.6) is 11.5 Å². The molecule has 12 heteroatoms. The third-order valence-corrected chi connectivity index (χ3v) is 7.22. The Morgan fingerprint density at radius 3 is 2.13 bits per heavy atom. The first-order chi connectivity index (χ1) is 18.9. The van der Waals surface area contributed by atoms with Crippen LogP contribution in [-0.4, -0.2) is 58.1 Å². The maximum atomic E-state index is 12.9. The molecule has 0 aliphatic rings. The van der Waals surface area contributed by atoms with E-state index < -0.39 is 5.25 Å². The minimum atomic E-state index is -0.542. The number of hydrogen-bond donors (Lipinski definition) is 1.